The Labute approximate surface area is 132 Å². The summed E-state index contributed by atoms with van der Waals surface area (Å²) in [5, 5.41) is 2.05. The van der Waals surface area contributed by atoms with Gasteiger partial charge in [0.1, 0.15) is 0 Å². The van der Waals surface area contributed by atoms with Gasteiger partial charge in [0.2, 0.25) is 0 Å². The van der Waals surface area contributed by atoms with E-state index < -0.39 is 10.8 Å². The molecule has 110 valence electrons. The Kier molecular flexibility index (Phi) is 4.38. The predicted octanol–water partition coefficient (Wildman–Crippen LogP) is 3.75. The van der Waals surface area contributed by atoms with E-state index >= 15 is 0 Å². The fourth-order valence-electron chi connectivity index (χ4n) is 2.62. The molecule has 0 saturated carbocycles. The van der Waals surface area contributed by atoms with Crippen molar-refractivity contribution in [1.29, 1.82) is 0 Å². The van der Waals surface area contributed by atoms with Crippen molar-refractivity contribution in [2.75, 3.05) is 20.6 Å². The molecular formula is C17H19NOS2. The standard InChI is InChI=1S/C17H19NOS2/c1-18(2)10-5-8-15-14-7-4-3-6-13(14)12-21(19)17-16(15)9-11-20-17/h3-4,6-9,11H,5,10,12H2,1-2H3/b15-8-/t21-/m0/s1. The van der Waals surface area contributed by atoms with E-state index in [1.807, 2.05) is 6.07 Å². The molecule has 0 unspecified atom stereocenters. The largest absolute Gasteiger partial charge is 0.309 e. The van der Waals surface area contributed by atoms with E-state index in [4.69, 9.17) is 0 Å². The highest BCUT2D eigenvalue weighted by molar-refractivity contribution is 7.86. The van der Waals surface area contributed by atoms with Gasteiger partial charge in [-0.1, -0.05) is 30.3 Å². The summed E-state index contributed by atoms with van der Waals surface area (Å²) in [6.45, 7) is 1.02. The SMILES string of the molecule is CN(C)CC/C=C1/c2ccccc2C[S@](=O)c2sccc21. The molecule has 0 saturated heterocycles. The van der Waals surface area contributed by atoms with Crippen molar-refractivity contribution < 1.29 is 4.21 Å². The van der Waals surface area contributed by atoms with Crippen molar-refractivity contribution in [3.8, 4) is 0 Å². The van der Waals surface area contributed by atoms with Gasteiger partial charge in [0, 0.05) is 12.1 Å². The normalized spacial score (nSPS) is 19.4. The van der Waals surface area contributed by atoms with Crippen LogP contribution in [0.1, 0.15) is 23.1 Å². The monoisotopic (exact) mass is 317 g/mol. The van der Waals surface area contributed by atoms with Crippen molar-refractivity contribution >= 4 is 27.7 Å². The second-order valence-corrected chi connectivity index (χ2v) is 8.04. The van der Waals surface area contributed by atoms with Gasteiger partial charge in [0.25, 0.3) is 0 Å². The van der Waals surface area contributed by atoms with Crippen LogP contribution in [0.25, 0.3) is 5.57 Å². The summed E-state index contributed by atoms with van der Waals surface area (Å²) in [7, 11) is 3.25. The summed E-state index contributed by atoms with van der Waals surface area (Å²) >= 11 is 1.61. The molecule has 0 bridgehead atoms. The first-order valence-corrected chi connectivity index (χ1v) is 9.26. The zero-order valence-corrected chi connectivity index (χ0v) is 14.0. The highest BCUT2D eigenvalue weighted by atomic mass is 32.2. The summed E-state index contributed by atoms with van der Waals surface area (Å²) in [4.78, 5) is 2.19. The quantitative estimate of drug-likeness (QED) is 0.859. The van der Waals surface area contributed by atoms with Gasteiger partial charge in [0.15, 0.2) is 0 Å². The lowest BCUT2D eigenvalue weighted by Gasteiger charge is -2.11. The number of thiophene rings is 1. The first kappa shape index (κ1) is 14.7. The van der Waals surface area contributed by atoms with Crippen LogP contribution < -0.4 is 0 Å². The smallest absolute Gasteiger partial charge is 0.0992 e. The van der Waals surface area contributed by atoms with E-state index in [9.17, 15) is 4.21 Å². The lowest BCUT2D eigenvalue weighted by Crippen LogP contribution is -2.12. The molecule has 1 aliphatic rings. The molecule has 0 radical (unpaired) electrons. The van der Waals surface area contributed by atoms with Gasteiger partial charge in [-0.25, -0.2) is 0 Å². The Bertz CT molecular complexity index is 700. The van der Waals surface area contributed by atoms with Gasteiger partial charge >= 0.3 is 0 Å². The van der Waals surface area contributed by atoms with Crippen LogP contribution in [-0.2, 0) is 16.6 Å². The van der Waals surface area contributed by atoms with E-state index in [2.05, 4.69) is 54.7 Å². The third-order valence-electron chi connectivity index (χ3n) is 3.65. The Morgan fingerprint density at radius 3 is 2.86 bits per heavy atom. The number of rotatable bonds is 3. The predicted molar refractivity (Wildman–Crippen MR) is 91.1 cm³/mol. The molecule has 0 amide bonds. The maximum absolute atomic E-state index is 12.5. The van der Waals surface area contributed by atoms with Crippen LogP contribution in [0.4, 0.5) is 0 Å². The van der Waals surface area contributed by atoms with E-state index in [-0.39, 0.29) is 0 Å². The molecule has 0 aliphatic carbocycles. The van der Waals surface area contributed by atoms with Crippen molar-refractivity contribution in [3.63, 3.8) is 0 Å². The second-order valence-electron chi connectivity index (χ2n) is 5.48. The molecular weight excluding hydrogens is 298 g/mol. The first-order chi connectivity index (χ1) is 10.2. The fraction of sp³-hybridized carbons (Fsp3) is 0.294. The average Bonchev–Trinajstić information content (AvgIpc) is 2.90. The third kappa shape index (κ3) is 3.03. The zero-order chi connectivity index (χ0) is 14.8. The van der Waals surface area contributed by atoms with Gasteiger partial charge in [0.05, 0.1) is 20.8 Å². The Hall–Kier alpha value is -1.23. The lowest BCUT2D eigenvalue weighted by atomic mass is 9.95. The van der Waals surface area contributed by atoms with Crippen LogP contribution in [0.3, 0.4) is 0 Å². The van der Waals surface area contributed by atoms with Crippen molar-refractivity contribution in [2.45, 2.75) is 16.4 Å². The molecule has 1 aromatic carbocycles. The van der Waals surface area contributed by atoms with E-state index in [0.717, 1.165) is 22.7 Å². The maximum Gasteiger partial charge on any atom is 0.0992 e. The molecule has 1 aliphatic heterocycles. The number of fused-ring (bicyclic) bond motifs is 2. The lowest BCUT2D eigenvalue weighted by molar-refractivity contribution is 0.417. The van der Waals surface area contributed by atoms with Gasteiger partial charge < -0.3 is 4.90 Å². The first-order valence-electron chi connectivity index (χ1n) is 7.06. The van der Waals surface area contributed by atoms with E-state index in [0.29, 0.717) is 5.75 Å². The second kappa shape index (κ2) is 6.26. The molecule has 2 nitrogen and oxygen atoms in total. The van der Waals surface area contributed by atoms with Gasteiger partial charge in [-0.2, -0.15) is 0 Å². The Balaban J connectivity index is 2.10. The van der Waals surface area contributed by atoms with Gasteiger partial charge in [-0.15, -0.1) is 11.3 Å². The van der Waals surface area contributed by atoms with Crippen molar-refractivity contribution in [2.24, 2.45) is 0 Å². The van der Waals surface area contributed by atoms with E-state index in [1.54, 1.807) is 11.3 Å². The minimum Gasteiger partial charge on any atom is -0.309 e. The van der Waals surface area contributed by atoms with Crippen LogP contribution in [0.5, 0.6) is 0 Å². The summed E-state index contributed by atoms with van der Waals surface area (Å²) < 4.78 is 13.6. The van der Waals surface area contributed by atoms with Gasteiger partial charge in [-0.3, -0.25) is 4.21 Å². The van der Waals surface area contributed by atoms with Gasteiger partial charge in [-0.05, 0) is 48.7 Å². The number of hydrogen-bond acceptors (Lipinski definition) is 3. The van der Waals surface area contributed by atoms with Crippen LogP contribution in [-0.4, -0.2) is 29.7 Å². The highest BCUT2D eigenvalue weighted by Gasteiger charge is 2.23. The molecule has 0 N–H and O–H groups in total. The summed E-state index contributed by atoms with van der Waals surface area (Å²) in [6.07, 6.45) is 3.30. The minimum absolute atomic E-state index is 0.620. The highest BCUT2D eigenvalue weighted by Crippen LogP contribution is 2.38. The molecule has 3 rings (SSSR count). The summed E-state index contributed by atoms with van der Waals surface area (Å²) in [6, 6.07) is 10.5. The van der Waals surface area contributed by atoms with Crippen LogP contribution in [0, 0.1) is 0 Å². The van der Waals surface area contributed by atoms with Crippen LogP contribution in [0.2, 0.25) is 0 Å². The van der Waals surface area contributed by atoms with E-state index in [1.165, 1.54) is 16.7 Å². The molecule has 2 heterocycles. The molecule has 0 fully saturated rings. The number of benzene rings is 1. The minimum atomic E-state index is -0.931. The zero-order valence-electron chi connectivity index (χ0n) is 12.3. The molecule has 2 aromatic rings. The Morgan fingerprint density at radius 2 is 2.05 bits per heavy atom. The molecule has 1 aromatic heterocycles. The van der Waals surface area contributed by atoms with Crippen molar-refractivity contribution in [1.82, 2.24) is 4.90 Å². The fourth-order valence-corrected chi connectivity index (χ4v) is 5.11. The molecule has 0 spiro atoms. The molecule has 4 heteroatoms. The third-order valence-corrected chi connectivity index (χ3v) is 6.40. The maximum atomic E-state index is 12.5. The number of hydrogen-bond donors (Lipinski definition) is 0. The summed E-state index contributed by atoms with van der Waals surface area (Å²) in [5.41, 5.74) is 4.83. The number of nitrogens with zero attached hydrogens (tertiary/aromatic N) is 1. The van der Waals surface area contributed by atoms with Crippen LogP contribution >= 0.6 is 11.3 Å². The van der Waals surface area contributed by atoms with Crippen LogP contribution in [0.15, 0.2) is 46.0 Å². The molecule has 21 heavy (non-hydrogen) atoms. The summed E-state index contributed by atoms with van der Waals surface area (Å²) in [5.74, 6) is 0.620. The Morgan fingerprint density at radius 1 is 1.24 bits per heavy atom. The average molecular weight is 317 g/mol. The molecule has 1 atom stereocenters. The topological polar surface area (TPSA) is 20.3 Å². The van der Waals surface area contributed by atoms with Crippen molar-refractivity contribution in [3.05, 3.63) is 58.5 Å².